The first-order valence-electron chi connectivity index (χ1n) is 4.57. The highest BCUT2D eigenvalue weighted by Gasteiger charge is 2.08. The van der Waals surface area contributed by atoms with Gasteiger partial charge in [-0.15, -0.1) is 0 Å². The number of hydrogen-bond acceptors (Lipinski definition) is 4. The quantitative estimate of drug-likeness (QED) is 0.523. The number of rotatable bonds is 2. The number of nitro groups is 1. The molecular weight excluding hydrogens is 306 g/mol. The zero-order chi connectivity index (χ0) is 12.4. The van der Waals surface area contributed by atoms with E-state index in [0.717, 1.165) is 0 Å². The Morgan fingerprint density at radius 2 is 2.24 bits per heavy atom. The first-order chi connectivity index (χ1) is 8.08. The Hall–Kier alpha value is -1.60. The predicted octanol–water partition coefficient (Wildman–Crippen LogP) is 3.48. The maximum Gasteiger partial charge on any atom is 0.270 e. The Balaban J connectivity index is 2.53. The van der Waals surface area contributed by atoms with Crippen molar-refractivity contribution in [3.8, 4) is 11.4 Å². The van der Waals surface area contributed by atoms with Crippen molar-refractivity contribution in [1.29, 1.82) is 0 Å². The lowest BCUT2D eigenvalue weighted by molar-refractivity contribution is -0.384. The van der Waals surface area contributed by atoms with Crippen LogP contribution in [0.5, 0.6) is 0 Å². The van der Waals surface area contributed by atoms with Gasteiger partial charge >= 0.3 is 0 Å². The molecule has 0 aliphatic rings. The SMILES string of the molecule is O=[N+]([O-])c1cccc(-c2ncc(Br)c(=S)[nH]2)c1. The Kier molecular flexibility index (Phi) is 3.30. The van der Waals surface area contributed by atoms with Gasteiger partial charge in [0.05, 0.1) is 9.40 Å². The molecule has 0 bridgehead atoms. The van der Waals surface area contributed by atoms with Gasteiger partial charge in [-0.25, -0.2) is 4.98 Å². The average Bonchev–Trinajstić information content (AvgIpc) is 2.33. The van der Waals surface area contributed by atoms with E-state index in [-0.39, 0.29) is 5.69 Å². The molecule has 2 aromatic rings. The number of nitro benzene ring substituents is 1. The number of hydrogen-bond donors (Lipinski definition) is 1. The second-order valence-electron chi connectivity index (χ2n) is 3.22. The molecule has 0 unspecified atom stereocenters. The highest BCUT2D eigenvalue weighted by molar-refractivity contribution is 9.10. The van der Waals surface area contributed by atoms with Gasteiger partial charge in [0, 0.05) is 23.9 Å². The summed E-state index contributed by atoms with van der Waals surface area (Å²) in [4.78, 5) is 17.2. The van der Waals surface area contributed by atoms with Crippen molar-refractivity contribution in [1.82, 2.24) is 9.97 Å². The second-order valence-corrected chi connectivity index (χ2v) is 4.48. The number of halogens is 1. The zero-order valence-electron chi connectivity index (χ0n) is 8.38. The largest absolute Gasteiger partial charge is 0.330 e. The molecule has 1 N–H and O–H groups in total. The molecule has 5 nitrogen and oxygen atoms in total. The van der Waals surface area contributed by atoms with E-state index in [1.54, 1.807) is 18.3 Å². The summed E-state index contributed by atoms with van der Waals surface area (Å²) in [6.45, 7) is 0. The number of aromatic amines is 1. The van der Waals surface area contributed by atoms with Crippen LogP contribution in [0.4, 0.5) is 5.69 Å². The number of nitrogens with one attached hydrogen (secondary N) is 1. The lowest BCUT2D eigenvalue weighted by Crippen LogP contribution is -1.92. The molecule has 0 fully saturated rings. The minimum Gasteiger partial charge on any atom is -0.330 e. The fourth-order valence-electron chi connectivity index (χ4n) is 1.29. The molecule has 1 aromatic heterocycles. The van der Waals surface area contributed by atoms with E-state index >= 15 is 0 Å². The van der Waals surface area contributed by atoms with Gasteiger partial charge < -0.3 is 4.98 Å². The van der Waals surface area contributed by atoms with Crippen molar-refractivity contribution in [2.45, 2.75) is 0 Å². The molecule has 0 saturated heterocycles. The van der Waals surface area contributed by atoms with E-state index in [0.29, 0.717) is 20.5 Å². The Morgan fingerprint density at radius 1 is 1.47 bits per heavy atom. The fraction of sp³-hybridized carbons (Fsp3) is 0. The van der Waals surface area contributed by atoms with Crippen molar-refractivity contribution < 1.29 is 4.92 Å². The number of H-pyrrole nitrogens is 1. The van der Waals surface area contributed by atoms with Gasteiger partial charge in [0.15, 0.2) is 0 Å². The average molecular weight is 312 g/mol. The molecule has 2 rings (SSSR count). The molecule has 0 aliphatic carbocycles. The summed E-state index contributed by atoms with van der Waals surface area (Å²) in [5.41, 5.74) is 0.643. The van der Waals surface area contributed by atoms with Crippen LogP contribution in [0.2, 0.25) is 0 Å². The van der Waals surface area contributed by atoms with Gasteiger partial charge in [-0.05, 0) is 15.9 Å². The smallest absolute Gasteiger partial charge is 0.270 e. The standard InChI is InChI=1S/C10H6BrN3O2S/c11-8-5-12-9(13-10(8)17)6-2-1-3-7(4-6)14(15)16/h1-5H,(H,12,13,17). The second kappa shape index (κ2) is 4.72. The van der Waals surface area contributed by atoms with Gasteiger partial charge in [0.2, 0.25) is 0 Å². The number of nitrogens with zero attached hydrogens (tertiary/aromatic N) is 2. The van der Waals surface area contributed by atoms with Gasteiger partial charge in [-0.3, -0.25) is 10.1 Å². The third kappa shape index (κ3) is 2.56. The third-order valence-corrected chi connectivity index (χ3v) is 3.27. The maximum atomic E-state index is 10.7. The van der Waals surface area contributed by atoms with Crippen molar-refractivity contribution in [3.63, 3.8) is 0 Å². The Bertz CT molecular complexity index is 641. The topological polar surface area (TPSA) is 71.8 Å². The molecule has 0 radical (unpaired) electrons. The zero-order valence-corrected chi connectivity index (χ0v) is 10.8. The summed E-state index contributed by atoms with van der Waals surface area (Å²) < 4.78 is 1.18. The fourth-order valence-corrected chi connectivity index (χ4v) is 1.64. The van der Waals surface area contributed by atoms with Crippen LogP contribution in [0.25, 0.3) is 11.4 Å². The van der Waals surface area contributed by atoms with Crippen LogP contribution in [-0.2, 0) is 0 Å². The number of benzene rings is 1. The van der Waals surface area contributed by atoms with E-state index in [1.807, 2.05) is 0 Å². The van der Waals surface area contributed by atoms with Gasteiger partial charge in [-0.2, -0.15) is 0 Å². The van der Waals surface area contributed by atoms with Crippen molar-refractivity contribution in [2.75, 3.05) is 0 Å². The molecule has 0 amide bonds. The Morgan fingerprint density at radius 3 is 2.88 bits per heavy atom. The van der Waals surface area contributed by atoms with E-state index in [9.17, 15) is 10.1 Å². The van der Waals surface area contributed by atoms with Crippen LogP contribution in [-0.4, -0.2) is 14.9 Å². The van der Waals surface area contributed by atoms with Gasteiger partial charge in [0.1, 0.15) is 10.5 Å². The van der Waals surface area contributed by atoms with Gasteiger partial charge in [0.25, 0.3) is 5.69 Å². The van der Waals surface area contributed by atoms with E-state index in [2.05, 4.69) is 25.9 Å². The van der Waals surface area contributed by atoms with Gasteiger partial charge in [-0.1, -0.05) is 24.4 Å². The normalized spacial score (nSPS) is 10.2. The monoisotopic (exact) mass is 311 g/mol. The molecule has 0 saturated carbocycles. The third-order valence-electron chi connectivity index (χ3n) is 2.09. The molecular formula is C10H6BrN3O2S. The number of non-ortho nitro benzene ring substituents is 1. The maximum absolute atomic E-state index is 10.7. The van der Waals surface area contributed by atoms with Crippen LogP contribution < -0.4 is 0 Å². The molecule has 7 heteroatoms. The molecule has 0 aliphatic heterocycles. The van der Waals surface area contributed by atoms with Crippen molar-refractivity contribution in [3.05, 3.63) is 49.7 Å². The highest BCUT2D eigenvalue weighted by Crippen LogP contribution is 2.21. The first kappa shape index (κ1) is 11.9. The summed E-state index contributed by atoms with van der Waals surface area (Å²) in [5, 5.41) is 10.7. The minimum absolute atomic E-state index is 0.0199. The molecule has 17 heavy (non-hydrogen) atoms. The summed E-state index contributed by atoms with van der Waals surface area (Å²) in [7, 11) is 0. The lowest BCUT2D eigenvalue weighted by Gasteiger charge is -2.01. The van der Waals surface area contributed by atoms with Crippen LogP contribution in [0.1, 0.15) is 0 Å². The van der Waals surface area contributed by atoms with Crippen LogP contribution in [0, 0.1) is 14.8 Å². The Labute approximate surface area is 110 Å². The summed E-state index contributed by atoms with van der Waals surface area (Å²) in [6, 6.07) is 6.21. The summed E-state index contributed by atoms with van der Waals surface area (Å²) in [6.07, 6.45) is 1.56. The summed E-state index contributed by atoms with van der Waals surface area (Å²) in [5.74, 6) is 0.502. The highest BCUT2D eigenvalue weighted by atomic mass is 79.9. The van der Waals surface area contributed by atoms with E-state index in [1.165, 1.54) is 12.1 Å². The van der Waals surface area contributed by atoms with E-state index in [4.69, 9.17) is 12.2 Å². The molecule has 1 aromatic carbocycles. The summed E-state index contributed by atoms with van der Waals surface area (Å²) >= 11 is 8.28. The van der Waals surface area contributed by atoms with Crippen LogP contribution in [0.15, 0.2) is 34.9 Å². The minimum atomic E-state index is -0.447. The molecule has 1 heterocycles. The van der Waals surface area contributed by atoms with Crippen molar-refractivity contribution >= 4 is 33.8 Å². The van der Waals surface area contributed by atoms with Crippen LogP contribution >= 0.6 is 28.1 Å². The van der Waals surface area contributed by atoms with Crippen LogP contribution in [0.3, 0.4) is 0 Å². The first-order valence-corrected chi connectivity index (χ1v) is 5.77. The lowest BCUT2D eigenvalue weighted by atomic mass is 10.2. The molecule has 0 atom stereocenters. The molecule has 0 spiro atoms. The van der Waals surface area contributed by atoms with E-state index < -0.39 is 4.92 Å². The molecule has 86 valence electrons. The van der Waals surface area contributed by atoms with Crippen molar-refractivity contribution in [2.24, 2.45) is 0 Å². The predicted molar refractivity (Wildman–Crippen MR) is 69.2 cm³/mol. The number of aromatic nitrogens is 2.